The molecule has 0 radical (unpaired) electrons. The normalized spacial score (nSPS) is 11.8. The van der Waals surface area contributed by atoms with Gasteiger partial charge in [0.1, 0.15) is 0 Å². The number of benzene rings is 10. The van der Waals surface area contributed by atoms with Crippen molar-refractivity contribution < 1.29 is 0 Å². The largest absolute Gasteiger partial charge is 0.309 e. The SMILES string of the molecule is c1ccc(-c2ccc(-c3ccc(-n4c5ccccc5c5cc(-n6c7ccccc7c7c([Si](c8ccccc8)(c8ccccc8)c8ccccc8)cccc76)ccc54)cc3)cc2)cc1. The molecule has 0 N–H and O–H groups in total. The summed E-state index contributed by atoms with van der Waals surface area (Å²) < 4.78 is 4.91. The lowest BCUT2D eigenvalue weighted by Crippen LogP contribution is -2.74. The van der Waals surface area contributed by atoms with Gasteiger partial charge in [0.25, 0.3) is 0 Å². The highest BCUT2D eigenvalue weighted by atomic mass is 28.3. The van der Waals surface area contributed by atoms with Crippen molar-refractivity contribution in [2.45, 2.75) is 0 Å². The summed E-state index contributed by atoms with van der Waals surface area (Å²) in [5, 5.41) is 10.5. The van der Waals surface area contributed by atoms with Crippen LogP contribution < -0.4 is 20.7 Å². The number of fused-ring (bicyclic) bond motifs is 6. The zero-order chi connectivity index (χ0) is 41.7. The van der Waals surface area contributed by atoms with Gasteiger partial charge in [-0.2, -0.15) is 0 Å². The van der Waals surface area contributed by atoms with Gasteiger partial charge in [-0.15, -0.1) is 0 Å². The maximum absolute atomic E-state index is 2.84. The Balaban J connectivity index is 1.03. The molecule has 2 nitrogen and oxygen atoms in total. The molecule has 0 unspecified atom stereocenters. The molecule has 2 heterocycles. The van der Waals surface area contributed by atoms with E-state index in [9.17, 15) is 0 Å². The fraction of sp³-hybridized carbons (Fsp3) is 0. The Morgan fingerprint density at radius 1 is 0.254 bits per heavy atom. The Bertz CT molecular complexity index is 3480. The van der Waals surface area contributed by atoms with Gasteiger partial charge in [0, 0.05) is 32.9 Å². The van der Waals surface area contributed by atoms with Crippen LogP contribution in [0.5, 0.6) is 0 Å². The van der Waals surface area contributed by atoms with Crippen LogP contribution in [0.25, 0.3) is 77.2 Å². The molecule has 0 atom stereocenters. The number of rotatable bonds is 8. The Hall–Kier alpha value is -7.98. The molecule has 0 spiro atoms. The van der Waals surface area contributed by atoms with Crippen molar-refractivity contribution in [3.63, 3.8) is 0 Å². The third kappa shape index (κ3) is 5.93. The van der Waals surface area contributed by atoms with E-state index in [2.05, 4.69) is 264 Å². The van der Waals surface area contributed by atoms with Crippen molar-refractivity contribution in [1.82, 2.24) is 9.13 Å². The molecular weight excluding hydrogens is 777 g/mol. The zero-order valence-electron chi connectivity index (χ0n) is 34.6. The molecule has 12 aromatic rings. The second-order valence-electron chi connectivity index (χ2n) is 16.4. The molecule has 0 aliphatic heterocycles. The molecule has 2 aromatic heterocycles. The molecule has 0 amide bonds. The molecule has 0 fully saturated rings. The summed E-state index contributed by atoms with van der Waals surface area (Å²) in [6.45, 7) is 0. The van der Waals surface area contributed by atoms with Crippen LogP contribution >= 0.6 is 0 Å². The van der Waals surface area contributed by atoms with Crippen LogP contribution in [0.3, 0.4) is 0 Å². The third-order valence-corrected chi connectivity index (χ3v) is 17.9. The zero-order valence-corrected chi connectivity index (χ0v) is 35.6. The molecule has 0 bridgehead atoms. The van der Waals surface area contributed by atoms with Crippen LogP contribution in [-0.2, 0) is 0 Å². The maximum atomic E-state index is 2.50. The standard InChI is InChI=1S/C60H42N2Si/c1-5-18-43(19-6-1)44-32-34-45(35-33-44)46-36-38-47(39-37-46)61-55-28-15-13-26-52(55)54-42-48(40-41-57(54)61)62-56-29-16-14-27-53(56)60-58(62)30-17-31-59(60)63(49-20-7-2-8-21-49,50-22-9-3-10-23-50)51-24-11-4-12-25-51/h1-42H. The maximum Gasteiger partial charge on any atom is 0.180 e. The topological polar surface area (TPSA) is 9.86 Å². The summed E-state index contributed by atoms with van der Waals surface area (Å²) in [7, 11) is -2.84. The van der Waals surface area contributed by atoms with E-state index in [0.29, 0.717) is 0 Å². The van der Waals surface area contributed by atoms with E-state index in [-0.39, 0.29) is 0 Å². The Labute approximate surface area is 368 Å². The van der Waals surface area contributed by atoms with Crippen molar-refractivity contribution in [3.05, 3.63) is 255 Å². The minimum absolute atomic E-state index is 1.14. The number of hydrogen-bond donors (Lipinski definition) is 0. The predicted octanol–water partition coefficient (Wildman–Crippen LogP) is 12.6. The number of para-hydroxylation sites is 2. The molecule has 0 aliphatic rings. The van der Waals surface area contributed by atoms with E-state index < -0.39 is 8.07 Å². The van der Waals surface area contributed by atoms with Gasteiger partial charge in [-0.3, -0.25) is 0 Å². The minimum Gasteiger partial charge on any atom is -0.309 e. The van der Waals surface area contributed by atoms with E-state index in [0.717, 1.165) is 11.4 Å². The second-order valence-corrected chi connectivity index (χ2v) is 20.2. The van der Waals surface area contributed by atoms with E-state index >= 15 is 0 Å². The predicted molar refractivity (Wildman–Crippen MR) is 270 cm³/mol. The lowest BCUT2D eigenvalue weighted by molar-refractivity contribution is 1.17. The first-order valence-corrected chi connectivity index (χ1v) is 23.8. The quantitative estimate of drug-likeness (QED) is 0.107. The summed E-state index contributed by atoms with van der Waals surface area (Å²) >= 11 is 0. The van der Waals surface area contributed by atoms with Crippen LogP contribution in [0.15, 0.2) is 255 Å². The Morgan fingerprint density at radius 2 is 0.651 bits per heavy atom. The molecule has 10 aromatic carbocycles. The van der Waals surface area contributed by atoms with Gasteiger partial charge >= 0.3 is 0 Å². The molecule has 296 valence electrons. The smallest absolute Gasteiger partial charge is 0.180 e. The van der Waals surface area contributed by atoms with Crippen LogP contribution in [0.4, 0.5) is 0 Å². The van der Waals surface area contributed by atoms with Crippen LogP contribution in [0, 0.1) is 0 Å². The molecule has 12 rings (SSSR count). The lowest BCUT2D eigenvalue weighted by Gasteiger charge is -2.35. The first kappa shape index (κ1) is 36.8. The van der Waals surface area contributed by atoms with E-state index in [4.69, 9.17) is 0 Å². The summed E-state index contributed by atoms with van der Waals surface area (Å²) in [6, 6.07) is 94.1. The molecule has 63 heavy (non-hydrogen) atoms. The fourth-order valence-electron chi connectivity index (χ4n) is 10.3. The summed E-state index contributed by atoms with van der Waals surface area (Å²) in [5.74, 6) is 0. The van der Waals surface area contributed by atoms with Crippen molar-refractivity contribution in [2.24, 2.45) is 0 Å². The van der Waals surface area contributed by atoms with Crippen molar-refractivity contribution in [1.29, 1.82) is 0 Å². The van der Waals surface area contributed by atoms with Crippen molar-refractivity contribution in [3.8, 4) is 33.6 Å². The van der Waals surface area contributed by atoms with Gasteiger partial charge < -0.3 is 9.13 Å². The van der Waals surface area contributed by atoms with E-state index in [1.54, 1.807) is 0 Å². The highest BCUT2D eigenvalue weighted by Gasteiger charge is 2.43. The van der Waals surface area contributed by atoms with Crippen molar-refractivity contribution in [2.75, 3.05) is 0 Å². The molecule has 0 saturated heterocycles. The number of aromatic nitrogens is 2. The summed E-state index contributed by atoms with van der Waals surface area (Å²) in [6.07, 6.45) is 0. The average Bonchev–Trinajstić information content (AvgIpc) is 3.89. The van der Waals surface area contributed by atoms with Gasteiger partial charge in [-0.25, -0.2) is 0 Å². The number of hydrogen-bond acceptors (Lipinski definition) is 0. The molecule has 0 aliphatic carbocycles. The first-order chi connectivity index (χ1) is 31.3. The molecule has 0 saturated carbocycles. The summed E-state index contributed by atoms with van der Waals surface area (Å²) in [5.41, 5.74) is 11.9. The lowest BCUT2D eigenvalue weighted by atomic mass is 10.0. The monoisotopic (exact) mass is 818 g/mol. The van der Waals surface area contributed by atoms with Crippen LogP contribution in [0.2, 0.25) is 0 Å². The summed E-state index contributed by atoms with van der Waals surface area (Å²) in [4.78, 5) is 0. The Morgan fingerprint density at radius 3 is 1.22 bits per heavy atom. The van der Waals surface area contributed by atoms with Crippen LogP contribution in [-0.4, -0.2) is 17.2 Å². The van der Waals surface area contributed by atoms with Gasteiger partial charge in [0.05, 0.1) is 22.1 Å². The molecular formula is C60H42N2Si. The number of nitrogens with zero attached hydrogens (tertiary/aromatic N) is 2. The fourth-order valence-corrected chi connectivity index (χ4v) is 15.3. The van der Waals surface area contributed by atoms with Gasteiger partial charge in [0.2, 0.25) is 0 Å². The second kappa shape index (κ2) is 15.2. The van der Waals surface area contributed by atoms with Gasteiger partial charge in [-0.1, -0.05) is 206 Å². The van der Waals surface area contributed by atoms with Gasteiger partial charge in [0.15, 0.2) is 8.07 Å². The van der Waals surface area contributed by atoms with Gasteiger partial charge in [-0.05, 0) is 91.5 Å². The average molecular weight is 819 g/mol. The highest BCUT2D eigenvalue weighted by Crippen LogP contribution is 2.37. The third-order valence-electron chi connectivity index (χ3n) is 13.1. The van der Waals surface area contributed by atoms with E-state index in [1.165, 1.54) is 86.6 Å². The van der Waals surface area contributed by atoms with Crippen molar-refractivity contribution >= 4 is 72.4 Å². The van der Waals surface area contributed by atoms with E-state index in [1.807, 2.05) is 0 Å². The Kier molecular flexibility index (Phi) is 8.87. The first-order valence-electron chi connectivity index (χ1n) is 21.8. The highest BCUT2D eigenvalue weighted by molar-refractivity contribution is 7.20. The van der Waals surface area contributed by atoms with Crippen LogP contribution in [0.1, 0.15) is 0 Å². The molecule has 3 heteroatoms. The minimum atomic E-state index is -2.84.